The van der Waals surface area contributed by atoms with Gasteiger partial charge in [0.2, 0.25) is 0 Å². The first-order valence-electron chi connectivity index (χ1n) is 8.85. The highest BCUT2D eigenvalue weighted by Crippen LogP contribution is 2.06. The molecule has 0 radical (unpaired) electrons. The van der Waals surface area contributed by atoms with E-state index in [2.05, 4.69) is 20.9 Å². The average molecular weight is 472 g/mol. The lowest BCUT2D eigenvalue weighted by atomic mass is 10.2. The van der Waals surface area contributed by atoms with Gasteiger partial charge in [-0.1, -0.05) is 0 Å². The number of ether oxygens (including phenoxy) is 2. The molecule has 0 aromatic rings. The molecule has 0 bridgehead atoms. The Morgan fingerprint density at radius 2 is 1.72 bits per heavy atom. The van der Waals surface area contributed by atoms with Gasteiger partial charge in [-0.3, -0.25) is 4.99 Å². The van der Waals surface area contributed by atoms with Crippen molar-refractivity contribution in [2.75, 3.05) is 32.8 Å². The first-order chi connectivity index (χ1) is 11.2. The van der Waals surface area contributed by atoms with E-state index in [-0.39, 0.29) is 36.2 Å². The van der Waals surface area contributed by atoms with Crippen molar-refractivity contribution in [3.63, 3.8) is 0 Å². The molecule has 8 heteroatoms. The first-order valence-corrected chi connectivity index (χ1v) is 8.85. The zero-order valence-electron chi connectivity index (χ0n) is 16.6. The quantitative estimate of drug-likeness (QED) is 0.197. The minimum atomic E-state index is -0.469. The summed E-state index contributed by atoms with van der Waals surface area (Å²) in [5.41, 5.74) is -0.469. The van der Waals surface area contributed by atoms with Gasteiger partial charge in [0.15, 0.2) is 5.96 Å². The molecular formula is C17H37IN4O3. The van der Waals surface area contributed by atoms with Crippen LogP contribution in [0.1, 0.15) is 54.4 Å². The van der Waals surface area contributed by atoms with E-state index in [1.807, 2.05) is 41.5 Å². The lowest BCUT2D eigenvalue weighted by molar-refractivity contribution is 0.0527. The molecule has 3 N–H and O–H groups in total. The largest absolute Gasteiger partial charge is 0.444 e. The van der Waals surface area contributed by atoms with Gasteiger partial charge < -0.3 is 25.4 Å². The number of carbonyl (C=O) groups excluding carboxylic acids is 1. The lowest BCUT2D eigenvalue weighted by Crippen LogP contribution is -2.38. The van der Waals surface area contributed by atoms with Crippen LogP contribution in [0.5, 0.6) is 0 Å². The molecule has 0 atom stereocenters. The van der Waals surface area contributed by atoms with Gasteiger partial charge in [0.05, 0.1) is 6.10 Å². The fourth-order valence-corrected chi connectivity index (χ4v) is 1.71. The minimum absolute atomic E-state index is 0. The van der Waals surface area contributed by atoms with Crippen LogP contribution >= 0.6 is 24.0 Å². The van der Waals surface area contributed by atoms with Gasteiger partial charge in [0, 0.05) is 32.8 Å². The van der Waals surface area contributed by atoms with Crippen molar-refractivity contribution in [1.29, 1.82) is 0 Å². The molecule has 0 fully saturated rings. The second kappa shape index (κ2) is 15.5. The standard InChI is InChI=1S/C17H36N4O3.HI/c1-7-18-15(20-12-9-13-23-14(2)3)19-10-8-11-21-16(22)24-17(4,5)6;/h14H,7-13H2,1-6H3,(H,21,22)(H2,18,19,20);1H. The van der Waals surface area contributed by atoms with Gasteiger partial charge >= 0.3 is 6.09 Å². The van der Waals surface area contributed by atoms with Crippen LogP contribution in [0.15, 0.2) is 4.99 Å². The van der Waals surface area contributed by atoms with Crippen molar-refractivity contribution >= 4 is 36.0 Å². The van der Waals surface area contributed by atoms with Crippen molar-refractivity contribution in [2.24, 2.45) is 4.99 Å². The maximum absolute atomic E-state index is 11.5. The van der Waals surface area contributed by atoms with E-state index < -0.39 is 5.60 Å². The zero-order chi connectivity index (χ0) is 18.4. The second-order valence-electron chi connectivity index (χ2n) is 6.74. The molecule has 0 aliphatic carbocycles. The number of aliphatic imine (C=N–C) groups is 1. The van der Waals surface area contributed by atoms with Gasteiger partial charge in [-0.2, -0.15) is 0 Å². The summed E-state index contributed by atoms with van der Waals surface area (Å²) < 4.78 is 10.7. The van der Waals surface area contributed by atoms with Crippen LogP contribution in [-0.2, 0) is 9.47 Å². The zero-order valence-corrected chi connectivity index (χ0v) is 18.9. The smallest absolute Gasteiger partial charge is 0.407 e. The predicted octanol–water partition coefficient (Wildman–Crippen LogP) is 2.89. The Labute approximate surface area is 170 Å². The molecule has 0 aliphatic heterocycles. The van der Waals surface area contributed by atoms with Gasteiger partial charge in [0.1, 0.15) is 5.60 Å². The number of alkyl carbamates (subject to hydrolysis) is 1. The van der Waals surface area contributed by atoms with Crippen LogP contribution in [0.25, 0.3) is 0 Å². The third-order valence-electron chi connectivity index (χ3n) is 2.68. The van der Waals surface area contributed by atoms with Gasteiger partial charge in [0.25, 0.3) is 0 Å². The van der Waals surface area contributed by atoms with E-state index >= 15 is 0 Å². The molecule has 0 heterocycles. The molecular weight excluding hydrogens is 435 g/mol. The number of guanidine groups is 1. The lowest BCUT2D eigenvalue weighted by Gasteiger charge is -2.19. The molecule has 0 spiro atoms. The molecule has 150 valence electrons. The van der Waals surface area contributed by atoms with Crippen molar-refractivity contribution in [3.8, 4) is 0 Å². The fraction of sp³-hybridized carbons (Fsp3) is 0.882. The Morgan fingerprint density at radius 1 is 1.08 bits per heavy atom. The van der Waals surface area contributed by atoms with E-state index in [0.29, 0.717) is 13.1 Å². The van der Waals surface area contributed by atoms with E-state index in [1.54, 1.807) is 0 Å². The van der Waals surface area contributed by atoms with Crippen LogP contribution in [0.2, 0.25) is 0 Å². The Bertz CT molecular complexity index is 371. The van der Waals surface area contributed by atoms with Crippen molar-refractivity contribution in [2.45, 2.75) is 66.1 Å². The molecule has 25 heavy (non-hydrogen) atoms. The third-order valence-corrected chi connectivity index (χ3v) is 2.68. The average Bonchev–Trinajstić information content (AvgIpc) is 2.44. The number of amides is 1. The SMILES string of the molecule is CCNC(=NCCCNC(=O)OC(C)(C)C)NCCCOC(C)C.I. The fourth-order valence-electron chi connectivity index (χ4n) is 1.71. The van der Waals surface area contributed by atoms with Crippen LogP contribution < -0.4 is 16.0 Å². The maximum Gasteiger partial charge on any atom is 0.407 e. The Morgan fingerprint density at radius 3 is 2.28 bits per heavy atom. The summed E-state index contributed by atoms with van der Waals surface area (Å²) in [6.07, 6.45) is 1.57. The highest BCUT2D eigenvalue weighted by molar-refractivity contribution is 14.0. The summed E-state index contributed by atoms with van der Waals surface area (Å²) in [6.45, 7) is 15.2. The van der Waals surface area contributed by atoms with Gasteiger partial charge in [-0.25, -0.2) is 4.79 Å². The number of rotatable bonds is 10. The van der Waals surface area contributed by atoms with Gasteiger partial charge in [-0.15, -0.1) is 24.0 Å². The Kier molecular flexibility index (Phi) is 16.4. The number of carbonyl (C=O) groups is 1. The first kappa shape index (κ1) is 26.5. The van der Waals surface area contributed by atoms with E-state index in [4.69, 9.17) is 9.47 Å². The maximum atomic E-state index is 11.5. The Hall–Kier alpha value is -0.770. The number of hydrogen-bond donors (Lipinski definition) is 3. The minimum Gasteiger partial charge on any atom is -0.444 e. The summed E-state index contributed by atoms with van der Waals surface area (Å²) in [4.78, 5) is 16.0. The highest BCUT2D eigenvalue weighted by atomic mass is 127. The summed E-state index contributed by atoms with van der Waals surface area (Å²) in [6, 6.07) is 0. The molecule has 1 amide bonds. The normalized spacial score (nSPS) is 11.7. The van der Waals surface area contributed by atoms with Crippen LogP contribution in [-0.4, -0.2) is 56.5 Å². The summed E-state index contributed by atoms with van der Waals surface area (Å²) in [5.74, 6) is 0.791. The molecule has 0 unspecified atom stereocenters. The van der Waals surface area contributed by atoms with E-state index in [9.17, 15) is 4.79 Å². The highest BCUT2D eigenvalue weighted by Gasteiger charge is 2.15. The predicted molar refractivity (Wildman–Crippen MR) is 114 cm³/mol. The van der Waals surface area contributed by atoms with Crippen LogP contribution in [0.4, 0.5) is 4.79 Å². The number of halogens is 1. The third kappa shape index (κ3) is 19.4. The number of nitrogens with one attached hydrogen (secondary N) is 3. The molecule has 0 aliphatic rings. The van der Waals surface area contributed by atoms with Crippen molar-refractivity contribution in [1.82, 2.24) is 16.0 Å². The molecule has 0 aromatic carbocycles. The number of hydrogen-bond acceptors (Lipinski definition) is 4. The van der Waals surface area contributed by atoms with E-state index in [1.165, 1.54) is 0 Å². The van der Waals surface area contributed by atoms with Crippen LogP contribution in [0.3, 0.4) is 0 Å². The summed E-state index contributed by atoms with van der Waals surface area (Å²) in [5, 5.41) is 9.20. The molecule has 0 aromatic heterocycles. The monoisotopic (exact) mass is 472 g/mol. The summed E-state index contributed by atoms with van der Waals surface area (Å²) in [7, 11) is 0. The van der Waals surface area contributed by atoms with Crippen molar-refractivity contribution in [3.05, 3.63) is 0 Å². The molecule has 0 saturated heterocycles. The Balaban J connectivity index is 0. The molecule has 0 saturated carbocycles. The molecule has 0 rings (SSSR count). The number of nitrogens with zero attached hydrogens (tertiary/aromatic N) is 1. The van der Waals surface area contributed by atoms with E-state index in [0.717, 1.165) is 38.5 Å². The van der Waals surface area contributed by atoms with Crippen LogP contribution in [0, 0.1) is 0 Å². The molecule has 7 nitrogen and oxygen atoms in total. The van der Waals surface area contributed by atoms with Gasteiger partial charge in [-0.05, 0) is 54.4 Å². The summed E-state index contributed by atoms with van der Waals surface area (Å²) >= 11 is 0. The topological polar surface area (TPSA) is 84.0 Å². The second-order valence-corrected chi connectivity index (χ2v) is 6.74. The van der Waals surface area contributed by atoms with Crippen molar-refractivity contribution < 1.29 is 14.3 Å².